The second-order valence-corrected chi connectivity index (χ2v) is 7.67. The van der Waals surface area contributed by atoms with E-state index in [9.17, 15) is 14.4 Å². The van der Waals surface area contributed by atoms with Crippen molar-refractivity contribution in [3.63, 3.8) is 0 Å². The molecule has 29 heavy (non-hydrogen) atoms. The molecule has 1 aromatic carbocycles. The molecule has 2 aromatic rings. The second-order valence-electron chi connectivity index (χ2n) is 7.67. The fourth-order valence-corrected chi connectivity index (χ4v) is 4.20. The van der Waals surface area contributed by atoms with Crippen LogP contribution in [-0.2, 0) is 22.7 Å². The van der Waals surface area contributed by atoms with Gasteiger partial charge in [0.25, 0.3) is 5.91 Å². The van der Waals surface area contributed by atoms with Gasteiger partial charge < -0.3 is 20.1 Å². The van der Waals surface area contributed by atoms with Crippen molar-refractivity contribution in [2.75, 3.05) is 18.4 Å². The number of amides is 3. The van der Waals surface area contributed by atoms with E-state index in [4.69, 9.17) is 0 Å². The Morgan fingerprint density at radius 1 is 1.21 bits per heavy atom. The molecule has 0 radical (unpaired) electrons. The number of benzene rings is 1. The fourth-order valence-electron chi connectivity index (χ4n) is 4.20. The summed E-state index contributed by atoms with van der Waals surface area (Å²) in [4.78, 5) is 42.6. The standard InChI is InChI=1S/C20H22N6O3/c27-17-5-4-16(18(28)24-17)26-11-15-12(2-1-3-14(15)19(26)29)8-23-20-22-6-7-25(20)13-9-21-10-13/h1-3,6-7,13,16,21H,4-5,8-11H2,(H,22,23)(H,24,27,28). The highest BCUT2D eigenvalue weighted by Crippen LogP contribution is 2.30. The number of piperidine rings is 1. The van der Waals surface area contributed by atoms with E-state index in [2.05, 4.69) is 25.5 Å². The molecule has 3 N–H and O–H groups in total. The zero-order chi connectivity index (χ0) is 20.0. The average molecular weight is 394 g/mol. The first-order valence-corrected chi connectivity index (χ1v) is 9.84. The number of imide groups is 1. The number of rotatable bonds is 5. The quantitative estimate of drug-likeness (QED) is 0.634. The highest BCUT2D eigenvalue weighted by atomic mass is 16.2. The highest BCUT2D eigenvalue weighted by molar-refractivity contribution is 6.05. The Morgan fingerprint density at radius 3 is 2.83 bits per heavy atom. The molecule has 9 nitrogen and oxygen atoms in total. The molecular weight excluding hydrogens is 372 g/mol. The van der Waals surface area contributed by atoms with Crippen LogP contribution in [0.15, 0.2) is 30.6 Å². The van der Waals surface area contributed by atoms with Crippen molar-refractivity contribution in [3.8, 4) is 0 Å². The Labute approximate surface area is 167 Å². The van der Waals surface area contributed by atoms with Gasteiger partial charge in [-0.15, -0.1) is 0 Å². The zero-order valence-electron chi connectivity index (χ0n) is 15.9. The topological polar surface area (TPSA) is 108 Å². The van der Waals surface area contributed by atoms with Crippen molar-refractivity contribution in [2.45, 2.75) is 38.0 Å². The largest absolute Gasteiger partial charge is 0.352 e. The van der Waals surface area contributed by atoms with Gasteiger partial charge in [0.2, 0.25) is 17.8 Å². The smallest absolute Gasteiger partial charge is 0.255 e. The van der Waals surface area contributed by atoms with Crippen LogP contribution in [0.4, 0.5) is 5.95 Å². The Morgan fingerprint density at radius 2 is 2.07 bits per heavy atom. The lowest BCUT2D eigenvalue weighted by atomic mass is 10.0. The van der Waals surface area contributed by atoms with E-state index in [0.29, 0.717) is 31.1 Å². The van der Waals surface area contributed by atoms with Crippen molar-refractivity contribution >= 4 is 23.7 Å². The van der Waals surface area contributed by atoms with Crippen LogP contribution in [0.25, 0.3) is 0 Å². The lowest BCUT2D eigenvalue weighted by molar-refractivity contribution is -0.136. The molecule has 1 unspecified atom stereocenters. The first-order chi connectivity index (χ1) is 14.1. The summed E-state index contributed by atoms with van der Waals surface area (Å²) < 4.78 is 2.13. The van der Waals surface area contributed by atoms with Crippen molar-refractivity contribution in [1.82, 2.24) is 25.1 Å². The van der Waals surface area contributed by atoms with E-state index in [1.165, 1.54) is 0 Å². The number of anilines is 1. The molecule has 3 aliphatic rings. The number of carbonyl (C=O) groups excluding carboxylic acids is 3. The Kier molecular flexibility index (Phi) is 4.31. The van der Waals surface area contributed by atoms with Gasteiger partial charge >= 0.3 is 0 Å². The van der Waals surface area contributed by atoms with Crippen LogP contribution in [-0.4, -0.2) is 51.3 Å². The predicted octanol–water partition coefficient (Wildman–Crippen LogP) is 0.401. The van der Waals surface area contributed by atoms with Crippen molar-refractivity contribution < 1.29 is 14.4 Å². The van der Waals surface area contributed by atoms with Gasteiger partial charge in [0.1, 0.15) is 6.04 Å². The minimum atomic E-state index is -0.599. The lowest BCUT2D eigenvalue weighted by Gasteiger charge is -2.30. The van der Waals surface area contributed by atoms with E-state index < -0.39 is 11.9 Å². The number of fused-ring (bicyclic) bond motifs is 1. The zero-order valence-corrected chi connectivity index (χ0v) is 15.9. The number of nitrogens with zero attached hydrogens (tertiary/aromatic N) is 3. The first kappa shape index (κ1) is 17.9. The molecule has 0 aliphatic carbocycles. The molecule has 1 atom stereocenters. The molecule has 0 bridgehead atoms. The second kappa shape index (κ2) is 7.00. The van der Waals surface area contributed by atoms with Crippen LogP contribution in [0.3, 0.4) is 0 Å². The summed E-state index contributed by atoms with van der Waals surface area (Å²) in [5.41, 5.74) is 2.56. The SMILES string of the molecule is O=C1CCC(N2Cc3c(CNc4nccn4C4CNC4)cccc3C2=O)C(=O)N1. The molecule has 9 heteroatoms. The van der Waals surface area contributed by atoms with Gasteiger partial charge in [-0.3, -0.25) is 19.7 Å². The van der Waals surface area contributed by atoms with Crippen molar-refractivity contribution in [3.05, 3.63) is 47.3 Å². The molecule has 4 heterocycles. The summed E-state index contributed by atoms with van der Waals surface area (Å²) in [6.07, 6.45) is 4.37. The van der Waals surface area contributed by atoms with Crippen LogP contribution in [0.2, 0.25) is 0 Å². The van der Waals surface area contributed by atoms with Gasteiger partial charge in [-0.1, -0.05) is 12.1 Å². The van der Waals surface area contributed by atoms with E-state index in [1.54, 1.807) is 17.2 Å². The molecule has 3 aliphatic heterocycles. The number of aromatic nitrogens is 2. The summed E-state index contributed by atoms with van der Waals surface area (Å²) in [5.74, 6) is -0.0190. The molecule has 5 rings (SSSR count). The third kappa shape index (κ3) is 3.07. The van der Waals surface area contributed by atoms with Gasteiger partial charge in [0, 0.05) is 50.6 Å². The van der Waals surface area contributed by atoms with Crippen molar-refractivity contribution in [1.29, 1.82) is 0 Å². The predicted molar refractivity (Wildman–Crippen MR) is 104 cm³/mol. The monoisotopic (exact) mass is 394 g/mol. The minimum Gasteiger partial charge on any atom is -0.352 e. The maximum Gasteiger partial charge on any atom is 0.255 e. The maximum atomic E-state index is 12.9. The van der Waals surface area contributed by atoms with Gasteiger partial charge in [0.15, 0.2) is 0 Å². The third-order valence-corrected chi connectivity index (χ3v) is 5.94. The first-order valence-electron chi connectivity index (χ1n) is 9.84. The third-order valence-electron chi connectivity index (χ3n) is 5.94. The van der Waals surface area contributed by atoms with E-state index in [0.717, 1.165) is 30.2 Å². The molecule has 2 fully saturated rings. The number of hydrogen-bond donors (Lipinski definition) is 3. The van der Waals surface area contributed by atoms with Crippen LogP contribution in [0, 0.1) is 0 Å². The average Bonchev–Trinajstić information content (AvgIpc) is 3.24. The molecule has 0 saturated carbocycles. The number of carbonyl (C=O) groups is 3. The van der Waals surface area contributed by atoms with E-state index >= 15 is 0 Å². The van der Waals surface area contributed by atoms with Crippen molar-refractivity contribution in [2.24, 2.45) is 0 Å². The Bertz CT molecular complexity index is 996. The summed E-state index contributed by atoms with van der Waals surface area (Å²) in [7, 11) is 0. The molecule has 1 aromatic heterocycles. The summed E-state index contributed by atoms with van der Waals surface area (Å²) in [6.45, 7) is 2.78. The molecule has 3 amide bonds. The normalized spacial score (nSPS) is 21.7. The number of nitrogens with one attached hydrogen (secondary N) is 3. The van der Waals surface area contributed by atoms with Crippen LogP contribution >= 0.6 is 0 Å². The van der Waals surface area contributed by atoms with Crippen LogP contribution in [0.1, 0.15) is 40.4 Å². The van der Waals surface area contributed by atoms with Crippen LogP contribution < -0.4 is 16.0 Å². The Balaban J connectivity index is 1.34. The maximum absolute atomic E-state index is 12.9. The van der Waals surface area contributed by atoms with E-state index in [1.807, 2.05) is 18.3 Å². The molecule has 2 saturated heterocycles. The Hall–Kier alpha value is -3.20. The van der Waals surface area contributed by atoms with E-state index in [-0.39, 0.29) is 18.2 Å². The summed E-state index contributed by atoms with van der Waals surface area (Å²) in [6, 6.07) is 5.47. The molecule has 0 spiro atoms. The summed E-state index contributed by atoms with van der Waals surface area (Å²) in [5, 5.41) is 8.98. The molecular formula is C20H22N6O3. The van der Waals surface area contributed by atoms with Gasteiger partial charge in [0.05, 0.1) is 6.04 Å². The van der Waals surface area contributed by atoms with Gasteiger partial charge in [-0.25, -0.2) is 4.98 Å². The minimum absolute atomic E-state index is 0.154. The number of hydrogen-bond acceptors (Lipinski definition) is 6. The summed E-state index contributed by atoms with van der Waals surface area (Å²) >= 11 is 0. The molecule has 150 valence electrons. The van der Waals surface area contributed by atoms with Crippen LogP contribution in [0.5, 0.6) is 0 Å². The van der Waals surface area contributed by atoms with Gasteiger partial charge in [-0.05, 0) is 23.6 Å². The fraction of sp³-hybridized carbons (Fsp3) is 0.400. The number of imidazole rings is 1. The lowest BCUT2D eigenvalue weighted by Crippen LogP contribution is -2.52. The van der Waals surface area contributed by atoms with Gasteiger partial charge in [-0.2, -0.15) is 0 Å². The highest BCUT2D eigenvalue weighted by Gasteiger charge is 2.39.